The smallest absolute Gasteiger partial charge is 0.408 e. The fourth-order valence-electron chi connectivity index (χ4n) is 3.40. The number of alkyl carbamates (subject to hydrolysis) is 1. The second kappa shape index (κ2) is 7.32. The van der Waals surface area contributed by atoms with E-state index in [-0.39, 0.29) is 18.2 Å². The lowest BCUT2D eigenvalue weighted by Gasteiger charge is -2.25. The van der Waals surface area contributed by atoms with Gasteiger partial charge in [-0.2, -0.15) is 0 Å². The number of amides is 1. The molecule has 1 amide bonds. The SMILES string of the molecule is COC1CN(c2ccc3c(c2)OC[C@H](N)C3)CC1NC(=O)OC(C)(C)C. The summed E-state index contributed by atoms with van der Waals surface area (Å²) >= 11 is 0. The van der Waals surface area contributed by atoms with E-state index in [2.05, 4.69) is 22.3 Å². The Kier molecular flexibility index (Phi) is 5.29. The van der Waals surface area contributed by atoms with Crippen molar-refractivity contribution in [2.24, 2.45) is 5.73 Å². The van der Waals surface area contributed by atoms with Crippen molar-refractivity contribution in [2.75, 3.05) is 31.7 Å². The van der Waals surface area contributed by atoms with Crippen LogP contribution in [0.15, 0.2) is 18.2 Å². The van der Waals surface area contributed by atoms with Gasteiger partial charge in [-0.15, -0.1) is 0 Å². The van der Waals surface area contributed by atoms with Crippen molar-refractivity contribution in [3.63, 3.8) is 0 Å². The first-order chi connectivity index (χ1) is 12.2. The summed E-state index contributed by atoms with van der Waals surface area (Å²) in [6.07, 6.45) is 0.307. The Morgan fingerprint density at radius 2 is 2.12 bits per heavy atom. The van der Waals surface area contributed by atoms with Crippen molar-refractivity contribution >= 4 is 11.8 Å². The van der Waals surface area contributed by atoms with Crippen molar-refractivity contribution in [1.82, 2.24) is 5.32 Å². The van der Waals surface area contributed by atoms with Crippen LogP contribution in [0.2, 0.25) is 0 Å². The molecule has 2 aliphatic heterocycles. The minimum Gasteiger partial charge on any atom is -0.492 e. The number of methoxy groups -OCH3 is 1. The molecule has 0 spiro atoms. The summed E-state index contributed by atoms with van der Waals surface area (Å²) in [5.74, 6) is 0.890. The maximum absolute atomic E-state index is 12.1. The molecule has 1 aromatic rings. The van der Waals surface area contributed by atoms with E-state index in [1.54, 1.807) is 7.11 Å². The molecule has 3 atom stereocenters. The zero-order chi connectivity index (χ0) is 18.9. The van der Waals surface area contributed by atoms with Gasteiger partial charge in [0.2, 0.25) is 0 Å². The van der Waals surface area contributed by atoms with E-state index in [4.69, 9.17) is 19.9 Å². The van der Waals surface area contributed by atoms with Crippen LogP contribution in [-0.2, 0) is 15.9 Å². The van der Waals surface area contributed by atoms with Crippen molar-refractivity contribution in [3.05, 3.63) is 23.8 Å². The molecule has 0 bridgehead atoms. The van der Waals surface area contributed by atoms with Gasteiger partial charge in [0.25, 0.3) is 0 Å². The monoisotopic (exact) mass is 363 g/mol. The number of anilines is 1. The fourth-order valence-corrected chi connectivity index (χ4v) is 3.40. The number of nitrogens with zero attached hydrogens (tertiary/aromatic N) is 1. The highest BCUT2D eigenvalue weighted by molar-refractivity contribution is 5.68. The Bertz CT molecular complexity index is 659. The molecule has 3 rings (SSSR count). The zero-order valence-corrected chi connectivity index (χ0v) is 16.0. The number of nitrogens with two attached hydrogens (primary N) is 1. The maximum Gasteiger partial charge on any atom is 0.408 e. The lowest BCUT2D eigenvalue weighted by Crippen LogP contribution is -2.45. The fraction of sp³-hybridized carbons (Fsp3) is 0.632. The second-order valence-electron chi connectivity index (χ2n) is 8.00. The zero-order valence-electron chi connectivity index (χ0n) is 16.0. The molecule has 0 aliphatic carbocycles. The van der Waals surface area contributed by atoms with Gasteiger partial charge in [-0.3, -0.25) is 0 Å². The largest absolute Gasteiger partial charge is 0.492 e. The van der Waals surface area contributed by atoms with Crippen molar-refractivity contribution in [3.8, 4) is 5.75 Å². The van der Waals surface area contributed by atoms with Gasteiger partial charge in [0.05, 0.1) is 12.1 Å². The Balaban J connectivity index is 1.68. The predicted molar refractivity (Wildman–Crippen MR) is 99.8 cm³/mol. The summed E-state index contributed by atoms with van der Waals surface area (Å²) in [7, 11) is 1.66. The molecule has 26 heavy (non-hydrogen) atoms. The summed E-state index contributed by atoms with van der Waals surface area (Å²) in [6.45, 7) is 7.42. The molecule has 1 saturated heterocycles. The van der Waals surface area contributed by atoms with Crippen LogP contribution in [0, 0.1) is 0 Å². The molecule has 1 aromatic carbocycles. The third-order valence-corrected chi connectivity index (χ3v) is 4.62. The Hall–Kier alpha value is -1.99. The highest BCUT2D eigenvalue weighted by Crippen LogP contribution is 2.31. The van der Waals surface area contributed by atoms with Gasteiger partial charge in [-0.05, 0) is 38.8 Å². The topological polar surface area (TPSA) is 86.0 Å². The molecule has 7 nitrogen and oxygen atoms in total. The van der Waals surface area contributed by atoms with Crippen LogP contribution in [0.1, 0.15) is 26.3 Å². The molecular weight excluding hydrogens is 334 g/mol. The molecule has 0 aromatic heterocycles. The van der Waals surface area contributed by atoms with Crippen molar-refractivity contribution < 1.29 is 19.0 Å². The first-order valence-corrected chi connectivity index (χ1v) is 9.04. The van der Waals surface area contributed by atoms with E-state index in [1.165, 1.54) is 0 Å². The quantitative estimate of drug-likeness (QED) is 0.850. The van der Waals surface area contributed by atoms with E-state index in [0.717, 1.165) is 23.4 Å². The molecule has 2 unspecified atom stereocenters. The van der Waals surface area contributed by atoms with E-state index in [9.17, 15) is 4.79 Å². The molecule has 144 valence electrons. The van der Waals surface area contributed by atoms with Gasteiger partial charge in [0.1, 0.15) is 18.0 Å². The Morgan fingerprint density at radius 1 is 1.35 bits per heavy atom. The van der Waals surface area contributed by atoms with E-state index < -0.39 is 11.7 Å². The van der Waals surface area contributed by atoms with Crippen LogP contribution in [0.25, 0.3) is 0 Å². The van der Waals surface area contributed by atoms with Gasteiger partial charge in [-0.25, -0.2) is 4.79 Å². The standard InChI is InChI=1S/C19H29N3O4/c1-19(2,3)26-18(23)21-15-9-22(10-17(15)24-4)14-6-5-12-7-13(20)11-25-16(12)8-14/h5-6,8,13,15,17H,7,9-11,20H2,1-4H3,(H,21,23)/t13-,15?,17?/m1/s1. The third kappa shape index (κ3) is 4.40. The lowest BCUT2D eigenvalue weighted by molar-refractivity contribution is 0.0417. The third-order valence-electron chi connectivity index (χ3n) is 4.62. The van der Waals surface area contributed by atoms with Gasteiger partial charge in [0, 0.05) is 38.0 Å². The van der Waals surface area contributed by atoms with E-state index in [1.807, 2.05) is 26.8 Å². The summed E-state index contributed by atoms with van der Waals surface area (Å²) in [4.78, 5) is 14.3. The summed E-state index contributed by atoms with van der Waals surface area (Å²) < 4.78 is 16.7. The van der Waals surface area contributed by atoms with Crippen molar-refractivity contribution in [2.45, 2.75) is 51.0 Å². The van der Waals surface area contributed by atoms with E-state index in [0.29, 0.717) is 19.7 Å². The van der Waals surface area contributed by atoms with Crippen LogP contribution >= 0.6 is 0 Å². The number of hydrogen-bond donors (Lipinski definition) is 2. The molecule has 0 saturated carbocycles. The van der Waals surface area contributed by atoms with Crippen LogP contribution < -0.4 is 20.7 Å². The molecule has 2 heterocycles. The minimum atomic E-state index is -0.526. The van der Waals surface area contributed by atoms with Crippen LogP contribution in [0.5, 0.6) is 5.75 Å². The summed E-state index contributed by atoms with van der Waals surface area (Å²) in [5.41, 5.74) is 7.61. The average Bonchev–Trinajstić information content (AvgIpc) is 2.95. The second-order valence-corrected chi connectivity index (χ2v) is 8.00. The summed E-state index contributed by atoms with van der Waals surface area (Å²) in [5, 5.41) is 2.93. The number of carbonyl (C=O) groups is 1. The average molecular weight is 363 g/mol. The number of benzene rings is 1. The first kappa shape index (κ1) is 18.8. The van der Waals surface area contributed by atoms with Gasteiger partial charge in [0.15, 0.2) is 0 Å². The first-order valence-electron chi connectivity index (χ1n) is 9.04. The molecule has 0 radical (unpaired) electrons. The molecule has 1 fully saturated rings. The molecule has 3 N–H and O–H groups in total. The number of nitrogens with one attached hydrogen (secondary N) is 1. The van der Waals surface area contributed by atoms with Crippen LogP contribution in [-0.4, -0.2) is 56.7 Å². The summed E-state index contributed by atoms with van der Waals surface area (Å²) in [6, 6.07) is 6.10. The molecular formula is C19H29N3O4. The molecule has 2 aliphatic rings. The Labute approximate surface area is 154 Å². The maximum atomic E-state index is 12.1. The van der Waals surface area contributed by atoms with Gasteiger partial charge in [-0.1, -0.05) is 6.07 Å². The number of ether oxygens (including phenoxy) is 3. The van der Waals surface area contributed by atoms with Crippen LogP contribution in [0.4, 0.5) is 10.5 Å². The Morgan fingerprint density at radius 3 is 2.81 bits per heavy atom. The van der Waals surface area contributed by atoms with Crippen molar-refractivity contribution in [1.29, 1.82) is 0 Å². The predicted octanol–water partition coefficient (Wildman–Crippen LogP) is 1.68. The minimum absolute atomic E-state index is 0.0559. The number of fused-ring (bicyclic) bond motifs is 1. The number of hydrogen-bond acceptors (Lipinski definition) is 6. The highest BCUT2D eigenvalue weighted by atomic mass is 16.6. The number of carbonyl (C=O) groups excluding carboxylic acids is 1. The van der Waals surface area contributed by atoms with Gasteiger partial charge >= 0.3 is 6.09 Å². The highest BCUT2D eigenvalue weighted by Gasteiger charge is 2.35. The van der Waals surface area contributed by atoms with Crippen LogP contribution in [0.3, 0.4) is 0 Å². The molecule has 7 heteroatoms. The van der Waals surface area contributed by atoms with Gasteiger partial charge < -0.3 is 30.2 Å². The lowest BCUT2D eigenvalue weighted by atomic mass is 10.0. The number of rotatable bonds is 3. The van der Waals surface area contributed by atoms with E-state index >= 15 is 0 Å². The normalized spacial score (nSPS) is 25.4.